The summed E-state index contributed by atoms with van der Waals surface area (Å²) in [6, 6.07) is 0.285. The smallest absolute Gasteiger partial charge is 0.227 e. The van der Waals surface area contributed by atoms with Crippen LogP contribution in [0.1, 0.15) is 35.0 Å². The Morgan fingerprint density at radius 2 is 2.24 bits per heavy atom. The van der Waals surface area contributed by atoms with E-state index in [1.165, 1.54) is 0 Å². The molecule has 1 fully saturated rings. The molecule has 1 unspecified atom stereocenters. The lowest BCUT2D eigenvalue weighted by Gasteiger charge is -2.16. The van der Waals surface area contributed by atoms with Gasteiger partial charge in [-0.3, -0.25) is 9.48 Å². The molecule has 0 aliphatic carbocycles. The van der Waals surface area contributed by atoms with Crippen molar-refractivity contribution < 1.29 is 9.32 Å². The van der Waals surface area contributed by atoms with E-state index in [2.05, 4.69) is 10.3 Å². The van der Waals surface area contributed by atoms with Crippen molar-refractivity contribution in [2.45, 2.75) is 39.7 Å². The van der Waals surface area contributed by atoms with Crippen LogP contribution in [-0.2, 0) is 11.2 Å². The van der Waals surface area contributed by atoms with Crippen LogP contribution in [0, 0.1) is 20.8 Å². The molecule has 1 atom stereocenters. The Morgan fingerprint density at radius 1 is 1.43 bits per heavy atom. The monoisotopic (exact) mass is 288 g/mol. The first kappa shape index (κ1) is 13.9. The van der Waals surface area contributed by atoms with Gasteiger partial charge in [0.15, 0.2) is 0 Å². The van der Waals surface area contributed by atoms with Crippen LogP contribution in [0.15, 0.2) is 16.9 Å². The molecule has 3 rings (SSSR count). The van der Waals surface area contributed by atoms with E-state index in [9.17, 15) is 4.79 Å². The van der Waals surface area contributed by atoms with Gasteiger partial charge in [0.05, 0.1) is 24.4 Å². The summed E-state index contributed by atoms with van der Waals surface area (Å²) >= 11 is 0. The number of nitrogens with zero attached hydrogens (tertiary/aromatic N) is 4. The number of amides is 1. The summed E-state index contributed by atoms with van der Waals surface area (Å²) < 4.78 is 7.09. The molecule has 0 saturated carbocycles. The SMILES string of the molecule is Cc1cnn(C2CCN(C(=O)Cc3c(C)noc3C)C2)c1. The van der Waals surface area contributed by atoms with Crippen LogP contribution < -0.4 is 0 Å². The molecule has 0 bridgehead atoms. The molecular weight excluding hydrogens is 268 g/mol. The summed E-state index contributed by atoms with van der Waals surface area (Å²) in [5.74, 6) is 0.870. The van der Waals surface area contributed by atoms with Gasteiger partial charge in [-0.15, -0.1) is 0 Å². The number of aromatic nitrogens is 3. The molecule has 21 heavy (non-hydrogen) atoms. The molecule has 0 radical (unpaired) electrons. The van der Waals surface area contributed by atoms with Crippen molar-refractivity contribution in [1.29, 1.82) is 0 Å². The Balaban J connectivity index is 1.65. The fraction of sp³-hybridized carbons (Fsp3) is 0.533. The number of rotatable bonds is 3. The zero-order valence-corrected chi connectivity index (χ0v) is 12.7. The van der Waals surface area contributed by atoms with Gasteiger partial charge >= 0.3 is 0 Å². The first-order valence-electron chi connectivity index (χ1n) is 7.25. The van der Waals surface area contributed by atoms with Crippen LogP contribution in [0.2, 0.25) is 0 Å². The number of carbonyl (C=O) groups excluding carboxylic acids is 1. The number of aryl methyl sites for hydroxylation is 3. The summed E-state index contributed by atoms with van der Waals surface area (Å²) in [5.41, 5.74) is 2.87. The molecule has 0 aromatic carbocycles. The van der Waals surface area contributed by atoms with Crippen molar-refractivity contribution in [2.75, 3.05) is 13.1 Å². The Labute approximate surface area is 123 Å². The van der Waals surface area contributed by atoms with Crippen LogP contribution in [0.5, 0.6) is 0 Å². The van der Waals surface area contributed by atoms with Gasteiger partial charge < -0.3 is 9.42 Å². The summed E-state index contributed by atoms with van der Waals surface area (Å²) in [6.07, 6.45) is 5.21. The molecule has 0 N–H and O–H groups in total. The molecule has 0 spiro atoms. The maximum atomic E-state index is 12.4. The van der Waals surface area contributed by atoms with Crippen molar-refractivity contribution in [3.05, 3.63) is 35.0 Å². The standard InChI is InChI=1S/C15H20N4O2/c1-10-7-16-19(8-10)13-4-5-18(9-13)15(20)6-14-11(2)17-21-12(14)3/h7-8,13H,4-6,9H2,1-3H3. The van der Waals surface area contributed by atoms with Gasteiger partial charge in [-0.1, -0.05) is 5.16 Å². The molecule has 2 aromatic heterocycles. The van der Waals surface area contributed by atoms with E-state index in [0.717, 1.165) is 42.1 Å². The fourth-order valence-corrected chi connectivity index (χ4v) is 2.83. The summed E-state index contributed by atoms with van der Waals surface area (Å²) in [4.78, 5) is 14.3. The molecule has 2 aromatic rings. The van der Waals surface area contributed by atoms with Crippen LogP contribution in [0.25, 0.3) is 0 Å². The van der Waals surface area contributed by atoms with E-state index in [1.54, 1.807) is 0 Å². The van der Waals surface area contributed by atoms with Gasteiger partial charge in [-0.25, -0.2) is 0 Å². The zero-order valence-electron chi connectivity index (χ0n) is 12.7. The molecule has 6 heteroatoms. The molecule has 1 amide bonds. The van der Waals surface area contributed by atoms with Gasteiger partial charge in [0.25, 0.3) is 0 Å². The van der Waals surface area contributed by atoms with Gasteiger partial charge in [0, 0.05) is 24.8 Å². The third-order valence-electron chi connectivity index (χ3n) is 4.13. The second-order valence-electron chi connectivity index (χ2n) is 5.76. The highest BCUT2D eigenvalue weighted by atomic mass is 16.5. The minimum atomic E-state index is 0.135. The van der Waals surface area contributed by atoms with Gasteiger partial charge in [0.1, 0.15) is 5.76 Å². The van der Waals surface area contributed by atoms with Crippen LogP contribution in [-0.4, -0.2) is 38.8 Å². The second kappa shape index (κ2) is 5.35. The number of hydrogen-bond acceptors (Lipinski definition) is 4. The third-order valence-corrected chi connectivity index (χ3v) is 4.13. The van der Waals surface area contributed by atoms with Crippen LogP contribution in [0.3, 0.4) is 0 Å². The number of carbonyl (C=O) groups is 1. The fourth-order valence-electron chi connectivity index (χ4n) is 2.83. The van der Waals surface area contributed by atoms with Crippen molar-refractivity contribution in [3.63, 3.8) is 0 Å². The highest BCUT2D eigenvalue weighted by Crippen LogP contribution is 2.23. The number of likely N-dealkylation sites (tertiary alicyclic amines) is 1. The Kier molecular flexibility index (Phi) is 3.53. The topological polar surface area (TPSA) is 64.2 Å². The largest absolute Gasteiger partial charge is 0.361 e. The van der Waals surface area contributed by atoms with Gasteiger partial charge in [0.2, 0.25) is 5.91 Å². The first-order valence-corrected chi connectivity index (χ1v) is 7.25. The minimum Gasteiger partial charge on any atom is -0.361 e. The zero-order chi connectivity index (χ0) is 15.0. The lowest BCUT2D eigenvalue weighted by atomic mass is 10.1. The molecule has 3 heterocycles. The van der Waals surface area contributed by atoms with E-state index in [1.807, 2.05) is 42.7 Å². The summed E-state index contributed by atoms with van der Waals surface area (Å²) in [7, 11) is 0. The van der Waals surface area contributed by atoms with Crippen molar-refractivity contribution in [3.8, 4) is 0 Å². The quantitative estimate of drug-likeness (QED) is 0.864. The van der Waals surface area contributed by atoms with Crippen LogP contribution >= 0.6 is 0 Å². The molecule has 6 nitrogen and oxygen atoms in total. The maximum absolute atomic E-state index is 12.4. The average molecular weight is 288 g/mol. The van der Waals surface area contributed by atoms with E-state index < -0.39 is 0 Å². The lowest BCUT2D eigenvalue weighted by Crippen LogP contribution is -2.30. The Morgan fingerprint density at radius 3 is 2.86 bits per heavy atom. The second-order valence-corrected chi connectivity index (χ2v) is 5.76. The molecule has 1 aliphatic rings. The highest BCUT2D eigenvalue weighted by molar-refractivity contribution is 5.79. The maximum Gasteiger partial charge on any atom is 0.227 e. The molecule has 1 aliphatic heterocycles. The summed E-state index contributed by atoms with van der Waals surface area (Å²) in [6.45, 7) is 7.26. The van der Waals surface area contributed by atoms with E-state index in [-0.39, 0.29) is 11.9 Å². The number of hydrogen-bond donors (Lipinski definition) is 0. The van der Waals surface area contributed by atoms with Crippen LogP contribution in [0.4, 0.5) is 0 Å². The molecule has 1 saturated heterocycles. The van der Waals surface area contributed by atoms with Gasteiger partial charge in [-0.2, -0.15) is 5.10 Å². The summed E-state index contributed by atoms with van der Waals surface area (Å²) in [5, 5.41) is 8.25. The lowest BCUT2D eigenvalue weighted by molar-refractivity contribution is -0.129. The molecular formula is C15H20N4O2. The predicted octanol–water partition coefficient (Wildman–Crippen LogP) is 1.81. The van der Waals surface area contributed by atoms with E-state index in [0.29, 0.717) is 6.42 Å². The Bertz CT molecular complexity index is 639. The highest BCUT2D eigenvalue weighted by Gasteiger charge is 2.28. The van der Waals surface area contributed by atoms with Crippen molar-refractivity contribution >= 4 is 5.91 Å². The third kappa shape index (κ3) is 2.70. The predicted molar refractivity (Wildman–Crippen MR) is 76.9 cm³/mol. The van der Waals surface area contributed by atoms with Crippen molar-refractivity contribution in [1.82, 2.24) is 19.8 Å². The Hall–Kier alpha value is -2.11. The van der Waals surface area contributed by atoms with Crippen molar-refractivity contribution in [2.24, 2.45) is 0 Å². The van der Waals surface area contributed by atoms with E-state index >= 15 is 0 Å². The molecule has 112 valence electrons. The van der Waals surface area contributed by atoms with Gasteiger partial charge in [-0.05, 0) is 32.8 Å². The normalized spacial score (nSPS) is 18.4. The average Bonchev–Trinajstić information content (AvgIpc) is 3.15. The van der Waals surface area contributed by atoms with E-state index in [4.69, 9.17) is 4.52 Å². The first-order chi connectivity index (χ1) is 10.0. The minimum absolute atomic E-state index is 0.135.